The van der Waals surface area contributed by atoms with Crippen molar-refractivity contribution in [2.45, 2.75) is 19.9 Å². The monoisotopic (exact) mass is 224 g/mol. The van der Waals surface area contributed by atoms with Crippen LogP contribution < -0.4 is 10.00 Å². The van der Waals surface area contributed by atoms with E-state index in [-0.39, 0.29) is 12.3 Å². The number of hydrogen-bond acceptors (Lipinski definition) is 3. The van der Waals surface area contributed by atoms with Crippen molar-refractivity contribution < 1.29 is 19.4 Å². The number of carbonyl (C=O) groups excluding carboxylic acids is 1. The van der Waals surface area contributed by atoms with Crippen molar-refractivity contribution in [2.24, 2.45) is 0 Å². The highest BCUT2D eigenvalue weighted by Crippen LogP contribution is 1.92. The second-order valence-corrected chi connectivity index (χ2v) is 3.18. The maximum absolute atomic E-state index is 11.4. The summed E-state index contributed by atoms with van der Waals surface area (Å²) in [4.78, 5) is 21.7. The molecule has 1 rings (SSSR count). The lowest BCUT2D eigenvalue weighted by Crippen LogP contribution is -2.39. The van der Waals surface area contributed by atoms with E-state index in [9.17, 15) is 9.59 Å². The van der Waals surface area contributed by atoms with E-state index in [1.54, 1.807) is 12.3 Å². The Hall–Kier alpha value is -1.98. The van der Waals surface area contributed by atoms with E-state index in [0.29, 0.717) is 18.7 Å². The molecule has 6 nitrogen and oxygen atoms in total. The molecule has 0 aliphatic heterocycles. The Balaban J connectivity index is 2.60. The summed E-state index contributed by atoms with van der Waals surface area (Å²) in [6.07, 6.45) is 3.03. The molecule has 0 aliphatic rings. The van der Waals surface area contributed by atoms with Crippen LogP contribution in [-0.2, 0) is 11.3 Å². The highest BCUT2D eigenvalue weighted by molar-refractivity contribution is 5.93. The fourth-order valence-corrected chi connectivity index (χ4v) is 1.12. The number of nitrogens with one attached hydrogen (secondary N) is 1. The third-order valence-corrected chi connectivity index (χ3v) is 1.93. The Kier molecular flexibility index (Phi) is 4.38. The van der Waals surface area contributed by atoms with Gasteiger partial charge in [0.2, 0.25) is 0 Å². The van der Waals surface area contributed by atoms with E-state index >= 15 is 0 Å². The Morgan fingerprint density at radius 1 is 1.56 bits per heavy atom. The number of carboxylic acids is 1. The van der Waals surface area contributed by atoms with Crippen molar-refractivity contribution >= 4 is 11.9 Å². The topological polar surface area (TPSA) is 83.2 Å². The molecule has 0 spiro atoms. The zero-order chi connectivity index (χ0) is 12.0. The van der Waals surface area contributed by atoms with Crippen molar-refractivity contribution in [1.29, 1.82) is 0 Å². The van der Waals surface area contributed by atoms with Crippen molar-refractivity contribution in [3.8, 4) is 0 Å². The minimum atomic E-state index is -0.873. The number of nitrogens with zero attached hydrogens (tertiary/aromatic N) is 2. The predicted octanol–water partition coefficient (Wildman–Crippen LogP) is -0.406. The van der Waals surface area contributed by atoms with Crippen molar-refractivity contribution in [3.63, 3.8) is 0 Å². The molecule has 2 N–H and O–H groups in total. The average Bonchev–Trinajstić information content (AvgIpc) is 2.27. The lowest BCUT2D eigenvalue weighted by Gasteiger charge is -1.99. The third kappa shape index (κ3) is 3.64. The van der Waals surface area contributed by atoms with Gasteiger partial charge in [-0.05, 0) is 12.0 Å². The second-order valence-electron chi connectivity index (χ2n) is 3.18. The van der Waals surface area contributed by atoms with Gasteiger partial charge >= 0.3 is 5.97 Å². The molecule has 86 valence electrons. The molecule has 1 aromatic rings. The van der Waals surface area contributed by atoms with Crippen LogP contribution in [0.25, 0.3) is 0 Å². The summed E-state index contributed by atoms with van der Waals surface area (Å²) >= 11 is 0. The molecule has 0 aliphatic carbocycles. The molecule has 0 unspecified atom stereocenters. The van der Waals surface area contributed by atoms with Gasteiger partial charge in [-0.3, -0.25) is 9.59 Å². The Labute approximate surface area is 92.9 Å². The normalized spacial score (nSPS) is 9.81. The summed E-state index contributed by atoms with van der Waals surface area (Å²) in [5.74, 6) is -1.05. The van der Waals surface area contributed by atoms with Crippen molar-refractivity contribution in [1.82, 2.24) is 10.4 Å². The van der Waals surface area contributed by atoms with Crippen LogP contribution in [0.5, 0.6) is 0 Å². The summed E-state index contributed by atoms with van der Waals surface area (Å²) < 4.78 is 1.48. The van der Waals surface area contributed by atoms with Gasteiger partial charge in [-0.1, -0.05) is 4.68 Å². The number of aromatic nitrogens is 2. The van der Waals surface area contributed by atoms with E-state index in [4.69, 9.17) is 5.11 Å². The number of amides is 1. The first-order chi connectivity index (χ1) is 7.63. The smallest absolute Gasteiger partial charge is 0.309 e. The van der Waals surface area contributed by atoms with Gasteiger partial charge in [0, 0.05) is 12.6 Å². The molecule has 6 heteroatoms. The van der Waals surface area contributed by atoms with Crippen LogP contribution in [0.1, 0.15) is 23.7 Å². The van der Waals surface area contributed by atoms with Crippen molar-refractivity contribution in [3.05, 3.63) is 24.0 Å². The number of aryl methyl sites for hydroxylation is 1. The van der Waals surface area contributed by atoms with E-state index in [1.165, 1.54) is 10.9 Å². The van der Waals surface area contributed by atoms with Crippen LogP contribution in [0.2, 0.25) is 0 Å². The van der Waals surface area contributed by atoms with Gasteiger partial charge in [0.15, 0.2) is 12.7 Å². The fraction of sp³-hybridized carbons (Fsp3) is 0.400. The Morgan fingerprint density at radius 3 is 2.81 bits per heavy atom. The third-order valence-electron chi connectivity index (χ3n) is 1.93. The maximum Gasteiger partial charge on any atom is 0.309 e. The predicted molar refractivity (Wildman–Crippen MR) is 54.7 cm³/mol. The molecule has 0 bridgehead atoms. The van der Waals surface area contributed by atoms with Crippen LogP contribution in [-0.4, -0.2) is 28.6 Å². The lowest BCUT2D eigenvalue weighted by molar-refractivity contribution is -0.753. The molecule has 0 fully saturated rings. The van der Waals surface area contributed by atoms with Gasteiger partial charge in [0.1, 0.15) is 12.6 Å². The number of rotatable bonds is 5. The first kappa shape index (κ1) is 12.1. The first-order valence-corrected chi connectivity index (χ1v) is 4.99. The van der Waals surface area contributed by atoms with Gasteiger partial charge in [-0.2, -0.15) is 0 Å². The van der Waals surface area contributed by atoms with Crippen LogP contribution in [0.3, 0.4) is 0 Å². The van der Waals surface area contributed by atoms with Gasteiger partial charge in [0.25, 0.3) is 5.91 Å². The summed E-state index contributed by atoms with van der Waals surface area (Å²) in [5.41, 5.74) is 0.466. The summed E-state index contributed by atoms with van der Waals surface area (Å²) in [6, 6.07) is 1.61. The van der Waals surface area contributed by atoms with E-state index < -0.39 is 5.97 Å². The second kappa shape index (κ2) is 5.79. The molecule has 1 heterocycles. The van der Waals surface area contributed by atoms with Gasteiger partial charge in [0.05, 0.1) is 5.56 Å². The van der Waals surface area contributed by atoms with Gasteiger partial charge < -0.3 is 10.4 Å². The molecular formula is C10H14N3O3+. The molecule has 0 aromatic carbocycles. The summed E-state index contributed by atoms with van der Waals surface area (Å²) in [5, 5.41) is 15.1. The fourth-order valence-electron chi connectivity index (χ4n) is 1.12. The van der Waals surface area contributed by atoms with E-state index in [2.05, 4.69) is 10.4 Å². The number of carbonyl (C=O) groups is 2. The average molecular weight is 224 g/mol. The van der Waals surface area contributed by atoms with Crippen LogP contribution in [0.15, 0.2) is 18.5 Å². The molecule has 0 saturated heterocycles. The number of aliphatic carboxylic acids is 1. The standard InChI is InChI=1S/C10H13N3O3/c1-2-11-10(16)8-3-5-13(12-7-8)6-4-9(14)15/h3,5,7H,2,4,6H2,1H3,(H-,11,14,15,16)/p+1. The van der Waals surface area contributed by atoms with E-state index in [0.717, 1.165) is 0 Å². The zero-order valence-electron chi connectivity index (χ0n) is 9.01. The van der Waals surface area contributed by atoms with Crippen LogP contribution in [0.4, 0.5) is 0 Å². The molecule has 1 aromatic heterocycles. The Morgan fingerprint density at radius 2 is 2.31 bits per heavy atom. The maximum atomic E-state index is 11.4. The summed E-state index contributed by atoms with van der Waals surface area (Å²) in [7, 11) is 0. The highest BCUT2D eigenvalue weighted by Gasteiger charge is 2.09. The molecule has 0 saturated carbocycles. The quantitative estimate of drug-likeness (QED) is 0.666. The molecule has 1 amide bonds. The minimum Gasteiger partial charge on any atom is -0.481 e. The zero-order valence-corrected chi connectivity index (χ0v) is 9.01. The molecule has 0 atom stereocenters. The van der Waals surface area contributed by atoms with Crippen LogP contribution >= 0.6 is 0 Å². The highest BCUT2D eigenvalue weighted by atomic mass is 16.4. The van der Waals surface area contributed by atoms with Crippen molar-refractivity contribution in [2.75, 3.05) is 6.54 Å². The van der Waals surface area contributed by atoms with Gasteiger partial charge in [-0.25, -0.2) is 0 Å². The minimum absolute atomic E-state index is 0.0121. The summed E-state index contributed by atoms with van der Waals surface area (Å²) in [6.45, 7) is 2.69. The van der Waals surface area contributed by atoms with Gasteiger partial charge in [-0.15, -0.1) is 0 Å². The van der Waals surface area contributed by atoms with E-state index in [1.807, 2.05) is 6.92 Å². The molecule has 16 heavy (non-hydrogen) atoms. The number of carboxylic acid groups (broad SMARTS) is 1. The van der Waals surface area contributed by atoms with Crippen LogP contribution in [0, 0.1) is 0 Å². The number of hydrogen-bond donors (Lipinski definition) is 2. The molecular weight excluding hydrogens is 210 g/mol. The molecule has 0 radical (unpaired) electrons. The Bertz CT molecular complexity index is 375. The largest absolute Gasteiger partial charge is 0.481 e. The lowest BCUT2D eigenvalue weighted by atomic mass is 10.3. The SMILES string of the molecule is CCNC(=O)c1cc[n+](CCC(=O)O)nc1. The first-order valence-electron chi connectivity index (χ1n) is 4.99.